The van der Waals surface area contributed by atoms with Crippen LogP contribution in [0.1, 0.15) is 28.7 Å². The lowest BCUT2D eigenvalue weighted by atomic mass is 9.80. The van der Waals surface area contributed by atoms with Crippen molar-refractivity contribution in [2.24, 2.45) is 0 Å². The number of hydrogen-bond donors (Lipinski definition) is 2. The molecule has 2 aromatic carbocycles. The Bertz CT molecular complexity index is 641. The zero-order chi connectivity index (χ0) is 14.2. The van der Waals surface area contributed by atoms with E-state index in [9.17, 15) is 5.11 Å². The van der Waals surface area contributed by atoms with Gasteiger partial charge in [0.1, 0.15) is 5.75 Å². The number of nitrogens with zero attached hydrogens (tertiary/aromatic N) is 1. The lowest BCUT2D eigenvalue weighted by Crippen LogP contribution is -2.50. The highest BCUT2D eigenvalue weighted by Crippen LogP contribution is 2.41. The Morgan fingerprint density at radius 3 is 2.76 bits per heavy atom. The Hall–Kier alpha value is -1.84. The third-order valence-corrected chi connectivity index (χ3v) is 4.78. The fourth-order valence-corrected chi connectivity index (χ4v) is 3.74. The Kier molecular flexibility index (Phi) is 3.17. The lowest BCUT2D eigenvalue weighted by molar-refractivity contribution is 0.143. The Morgan fingerprint density at radius 2 is 1.90 bits per heavy atom. The van der Waals surface area contributed by atoms with Crippen LogP contribution in [0.15, 0.2) is 48.5 Å². The molecular weight excluding hydrogens is 260 g/mol. The predicted octanol–water partition coefficient (Wildman–Crippen LogP) is 2.48. The number of phenolic OH excluding ortho intramolecular Hbond substituents is 1. The van der Waals surface area contributed by atoms with Gasteiger partial charge in [-0.25, -0.2) is 0 Å². The number of aromatic hydroxyl groups is 1. The van der Waals surface area contributed by atoms with Gasteiger partial charge in [0.2, 0.25) is 0 Å². The highest BCUT2D eigenvalue weighted by Gasteiger charge is 2.35. The Balaban J connectivity index is 1.83. The minimum Gasteiger partial charge on any atom is -0.508 e. The molecular formula is C18H20N2O. The van der Waals surface area contributed by atoms with Crippen LogP contribution < -0.4 is 5.32 Å². The molecule has 3 nitrogen and oxygen atoms in total. The van der Waals surface area contributed by atoms with Crippen LogP contribution >= 0.6 is 0 Å². The van der Waals surface area contributed by atoms with Crippen LogP contribution in [-0.4, -0.2) is 36.2 Å². The van der Waals surface area contributed by atoms with E-state index in [2.05, 4.69) is 46.6 Å². The summed E-state index contributed by atoms with van der Waals surface area (Å²) in [5.41, 5.74) is 4.01. The molecule has 1 saturated heterocycles. The predicted molar refractivity (Wildman–Crippen MR) is 83.6 cm³/mol. The van der Waals surface area contributed by atoms with E-state index in [1.165, 1.54) is 16.7 Å². The molecule has 0 bridgehead atoms. The third kappa shape index (κ3) is 2.23. The molecule has 0 spiro atoms. The first kappa shape index (κ1) is 12.9. The molecule has 2 heterocycles. The molecule has 2 atom stereocenters. The van der Waals surface area contributed by atoms with E-state index in [0.29, 0.717) is 17.7 Å². The largest absolute Gasteiger partial charge is 0.508 e. The minimum atomic E-state index is 0.369. The van der Waals surface area contributed by atoms with Crippen molar-refractivity contribution in [2.45, 2.75) is 12.0 Å². The summed E-state index contributed by atoms with van der Waals surface area (Å²) in [6.45, 7) is 4.15. The first-order valence-electron chi connectivity index (χ1n) is 7.65. The van der Waals surface area contributed by atoms with Gasteiger partial charge in [0.15, 0.2) is 0 Å². The molecule has 0 aromatic heterocycles. The number of hydrogen-bond acceptors (Lipinski definition) is 3. The van der Waals surface area contributed by atoms with Gasteiger partial charge in [0.25, 0.3) is 0 Å². The monoisotopic (exact) mass is 280 g/mol. The molecule has 0 aliphatic carbocycles. The van der Waals surface area contributed by atoms with Crippen molar-refractivity contribution in [1.29, 1.82) is 0 Å². The van der Waals surface area contributed by atoms with E-state index in [4.69, 9.17) is 0 Å². The van der Waals surface area contributed by atoms with Gasteiger partial charge in [-0.3, -0.25) is 4.90 Å². The van der Waals surface area contributed by atoms with Gasteiger partial charge in [-0.2, -0.15) is 0 Å². The van der Waals surface area contributed by atoms with Gasteiger partial charge >= 0.3 is 0 Å². The van der Waals surface area contributed by atoms with E-state index in [1.807, 2.05) is 12.1 Å². The van der Waals surface area contributed by atoms with E-state index in [0.717, 1.165) is 26.2 Å². The number of rotatable bonds is 1. The summed E-state index contributed by atoms with van der Waals surface area (Å²) in [5.74, 6) is 0.768. The van der Waals surface area contributed by atoms with Crippen molar-refractivity contribution in [3.05, 3.63) is 65.2 Å². The normalized spacial score (nSPS) is 25.1. The number of nitrogens with one attached hydrogen (secondary N) is 1. The third-order valence-electron chi connectivity index (χ3n) is 4.78. The fourth-order valence-electron chi connectivity index (χ4n) is 3.74. The first-order chi connectivity index (χ1) is 10.3. The average molecular weight is 280 g/mol. The summed E-state index contributed by atoms with van der Waals surface area (Å²) in [6.07, 6.45) is 0. The number of benzene rings is 2. The standard InChI is InChI=1S/C18H20N2O/c21-14-6-7-15-16(10-14)18-11-19-8-9-20(18)12-17(15)13-4-2-1-3-5-13/h1-7,10,17-19,21H,8-9,11-12H2. The van der Waals surface area contributed by atoms with Gasteiger partial charge < -0.3 is 10.4 Å². The molecule has 1 fully saturated rings. The van der Waals surface area contributed by atoms with Crippen LogP contribution in [0, 0.1) is 0 Å². The molecule has 21 heavy (non-hydrogen) atoms. The fraction of sp³-hybridized carbons (Fsp3) is 0.333. The quantitative estimate of drug-likeness (QED) is 0.842. The van der Waals surface area contributed by atoms with E-state index in [1.54, 1.807) is 0 Å². The molecule has 4 rings (SSSR count). The maximum atomic E-state index is 9.90. The molecule has 2 aliphatic heterocycles. The maximum absolute atomic E-state index is 9.90. The van der Waals surface area contributed by atoms with Crippen molar-refractivity contribution < 1.29 is 5.11 Å². The van der Waals surface area contributed by atoms with Crippen LogP contribution in [0.5, 0.6) is 5.75 Å². The topological polar surface area (TPSA) is 35.5 Å². The number of phenols is 1. The van der Waals surface area contributed by atoms with Gasteiger partial charge in [-0.15, -0.1) is 0 Å². The van der Waals surface area contributed by atoms with Gasteiger partial charge in [0, 0.05) is 38.1 Å². The Labute approximate surface area is 125 Å². The molecule has 3 heteroatoms. The highest BCUT2D eigenvalue weighted by atomic mass is 16.3. The summed E-state index contributed by atoms with van der Waals surface area (Å²) in [4.78, 5) is 2.55. The summed E-state index contributed by atoms with van der Waals surface area (Å²) in [7, 11) is 0. The van der Waals surface area contributed by atoms with Gasteiger partial charge in [0.05, 0.1) is 0 Å². The van der Waals surface area contributed by atoms with E-state index >= 15 is 0 Å². The zero-order valence-corrected chi connectivity index (χ0v) is 12.0. The average Bonchev–Trinajstić information content (AvgIpc) is 2.55. The molecule has 2 aromatic rings. The van der Waals surface area contributed by atoms with Crippen molar-refractivity contribution >= 4 is 0 Å². The van der Waals surface area contributed by atoms with Gasteiger partial charge in [-0.05, 0) is 28.8 Å². The minimum absolute atomic E-state index is 0.369. The molecule has 108 valence electrons. The molecule has 2 N–H and O–H groups in total. The Morgan fingerprint density at radius 1 is 1.05 bits per heavy atom. The van der Waals surface area contributed by atoms with Crippen molar-refractivity contribution in [2.75, 3.05) is 26.2 Å². The van der Waals surface area contributed by atoms with Crippen LogP contribution in [0.3, 0.4) is 0 Å². The summed E-state index contributed by atoms with van der Waals surface area (Å²) in [6, 6.07) is 17.0. The first-order valence-corrected chi connectivity index (χ1v) is 7.65. The SMILES string of the molecule is Oc1ccc2c(c1)C1CNCCN1CC2c1ccccc1. The summed E-state index contributed by atoms with van der Waals surface area (Å²) < 4.78 is 0. The molecule has 0 radical (unpaired) electrons. The molecule has 2 unspecified atom stereocenters. The summed E-state index contributed by atoms with van der Waals surface area (Å²) >= 11 is 0. The second-order valence-electron chi connectivity index (χ2n) is 5.99. The van der Waals surface area contributed by atoms with Crippen molar-refractivity contribution in [1.82, 2.24) is 10.2 Å². The van der Waals surface area contributed by atoms with Crippen molar-refractivity contribution in [3.8, 4) is 5.75 Å². The maximum Gasteiger partial charge on any atom is 0.115 e. The van der Waals surface area contributed by atoms with Crippen LogP contribution in [0.4, 0.5) is 0 Å². The molecule has 2 aliphatic rings. The smallest absolute Gasteiger partial charge is 0.115 e. The molecule has 0 saturated carbocycles. The zero-order valence-electron chi connectivity index (χ0n) is 12.0. The van der Waals surface area contributed by atoms with E-state index in [-0.39, 0.29) is 0 Å². The second-order valence-corrected chi connectivity index (χ2v) is 5.99. The number of piperazine rings is 1. The summed E-state index contributed by atoms with van der Waals surface area (Å²) in [5, 5.41) is 13.4. The van der Waals surface area contributed by atoms with Crippen LogP contribution in [0.2, 0.25) is 0 Å². The van der Waals surface area contributed by atoms with Crippen LogP contribution in [0.25, 0.3) is 0 Å². The number of fused-ring (bicyclic) bond motifs is 3. The highest BCUT2D eigenvalue weighted by molar-refractivity contribution is 5.46. The lowest BCUT2D eigenvalue weighted by Gasteiger charge is -2.44. The van der Waals surface area contributed by atoms with Gasteiger partial charge in [-0.1, -0.05) is 36.4 Å². The second kappa shape index (κ2) is 5.17. The van der Waals surface area contributed by atoms with Crippen molar-refractivity contribution in [3.63, 3.8) is 0 Å². The van der Waals surface area contributed by atoms with Crippen LogP contribution in [-0.2, 0) is 0 Å². The molecule has 0 amide bonds. The van der Waals surface area contributed by atoms with E-state index < -0.39 is 0 Å².